The van der Waals surface area contributed by atoms with Gasteiger partial charge in [0, 0.05) is 24.6 Å². The van der Waals surface area contributed by atoms with Gasteiger partial charge in [0.15, 0.2) is 22.5 Å². The fraction of sp³-hybridized carbons (Fsp3) is 0.182. The summed E-state index contributed by atoms with van der Waals surface area (Å²) in [6, 6.07) is 11.5. The van der Waals surface area contributed by atoms with Gasteiger partial charge in [-0.1, -0.05) is 30.0 Å². The zero-order valence-electron chi connectivity index (χ0n) is 16.9. The number of ether oxygens (including phenoxy) is 1. The molecule has 158 valence electrons. The van der Waals surface area contributed by atoms with E-state index in [9.17, 15) is 9.18 Å². The molecular formula is C22H20FN5O2S. The van der Waals surface area contributed by atoms with Crippen LogP contribution in [0.25, 0.3) is 5.65 Å². The molecule has 0 N–H and O–H groups in total. The first-order chi connectivity index (χ1) is 15.0. The monoisotopic (exact) mass is 437 g/mol. The molecule has 3 aromatic heterocycles. The molecule has 0 atom stereocenters. The molecule has 3 heterocycles. The number of pyridine rings is 1. The summed E-state index contributed by atoms with van der Waals surface area (Å²) in [4.78, 5) is 16.9. The van der Waals surface area contributed by atoms with Crippen LogP contribution in [0.3, 0.4) is 0 Å². The normalized spacial score (nSPS) is 11.0. The molecule has 31 heavy (non-hydrogen) atoms. The highest BCUT2D eigenvalue weighted by Gasteiger charge is 2.14. The number of para-hydroxylation sites is 1. The summed E-state index contributed by atoms with van der Waals surface area (Å²) in [5, 5.41) is 9.05. The van der Waals surface area contributed by atoms with Crippen molar-refractivity contribution in [2.45, 2.75) is 31.0 Å². The van der Waals surface area contributed by atoms with E-state index in [-0.39, 0.29) is 17.9 Å². The largest absolute Gasteiger partial charge is 0.483 e. The van der Waals surface area contributed by atoms with E-state index < -0.39 is 5.82 Å². The zero-order chi connectivity index (χ0) is 21.8. The van der Waals surface area contributed by atoms with Crippen molar-refractivity contribution in [2.75, 3.05) is 0 Å². The summed E-state index contributed by atoms with van der Waals surface area (Å²) in [6.45, 7) is 6.27. The molecule has 0 fully saturated rings. The first-order valence-electron chi connectivity index (χ1n) is 9.57. The minimum Gasteiger partial charge on any atom is -0.483 e. The fourth-order valence-corrected chi connectivity index (χ4v) is 3.87. The van der Waals surface area contributed by atoms with Crippen LogP contribution in [-0.4, -0.2) is 24.1 Å². The second-order valence-corrected chi connectivity index (χ2v) is 7.77. The average molecular weight is 438 g/mol. The van der Waals surface area contributed by atoms with Crippen LogP contribution in [0.2, 0.25) is 0 Å². The second-order valence-electron chi connectivity index (χ2n) is 6.82. The van der Waals surface area contributed by atoms with Crippen LogP contribution in [0.4, 0.5) is 4.39 Å². The summed E-state index contributed by atoms with van der Waals surface area (Å²) < 4.78 is 22.7. The third-order valence-corrected chi connectivity index (χ3v) is 5.52. The van der Waals surface area contributed by atoms with Crippen molar-refractivity contribution in [1.82, 2.24) is 24.1 Å². The van der Waals surface area contributed by atoms with Crippen molar-refractivity contribution in [2.24, 2.45) is 0 Å². The molecule has 1 aromatic carbocycles. The lowest BCUT2D eigenvalue weighted by Gasteiger charge is -2.09. The van der Waals surface area contributed by atoms with Crippen LogP contribution in [0, 0.1) is 12.7 Å². The molecule has 9 heteroatoms. The molecule has 0 bridgehead atoms. The molecule has 0 aliphatic heterocycles. The first kappa shape index (κ1) is 20.8. The molecule has 0 saturated heterocycles. The molecule has 0 saturated carbocycles. The first-order valence-corrected chi connectivity index (χ1v) is 10.6. The van der Waals surface area contributed by atoms with Gasteiger partial charge in [-0.05, 0) is 36.8 Å². The molecule has 7 nitrogen and oxygen atoms in total. The number of fused-ring (bicyclic) bond motifs is 1. The highest BCUT2D eigenvalue weighted by atomic mass is 32.2. The van der Waals surface area contributed by atoms with E-state index >= 15 is 0 Å². The Morgan fingerprint density at radius 3 is 2.87 bits per heavy atom. The van der Waals surface area contributed by atoms with Gasteiger partial charge >= 0.3 is 0 Å². The van der Waals surface area contributed by atoms with Crippen LogP contribution in [0.15, 0.2) is 71.3 Å². The van der Waals surface area contributed by atoms with Gasteiger partial charge in [-0.15, -0.1) is 16.8 Å². The number of hydrogen-bond donors (Lipinski definition) is 0. The number of rotatable bonds is 8. The Morgan fingerprint density at radius 2 is 2.06 bits per heavy atom. The Kier molecular flexibility index (Phi) is 6.13. The molecule has 0 radical (unpaired) electrons. The predicted molar refractivity (Wildman–Crippen MR) is 117 cm³/mol. The Labute approximate surface area is 182 Å². The molecular weight excluding hydrogens is 417 g/mol. The topological polar surface area (TPSA) is 74.3 Å². The summed E-state index contributed by atoms with van der Waals surface area (Å²) in [7, 11) is 0. The third kappa shape index (κ3) is 4.66. The Hall–Kier alpha value is -3.46. The SMILES string of the molecule is C=CCn1c(COc2ccccc2F)nnc1SCc1cc(=O)n2ccc(C)cc2n1. The van der Waals surface area contributed by atoms with Crippen LogP contribution in [0.5, 0.6) is 5.75 Å². The maximum Gasteiger partial charge on any atom is 0.258 e. The maximum absolute atomic E-state index is 13.8. The van der Waals surface area contributed by atoms with Crippen molar-refractivity contribution < 1.29 is 9.13 Å². The Bertz CT molecular complexity index is 1300. The van der Waals surface area contributed by atoms with E-state index in [1.54, 1.807) is 30.5 Å². The second kappa shape index (κ2) is 9.13. The lowest BCUT2D eigenvalue weighted by atomic mass is 10.3. The molecule has 0 amide bonds. The van der Waals surface area contributed by atoms with Gasteiger partial charge in [-0.3, -0.25) is 13.8 Å². The van der Waals surface area contributed by atoms with Gasteiger partial charge in [0.05, 0.1) is 5.69 Å². The smallest absolute Gasteiger partial charge is 0.258 e. The lowest BCUT2D eigenvalue weighted by molar-refractivity contribution is 0.275. The van der Waals surface area contributed by atoms with Gasteiger partial charge in [0.25, 0.3) is 5.56 Å². The highest BCUT2D eigenvalue weighted by Crippen LogP contribution is 2.23. The number of halogens is 1. The molecule has 0 aliphatic carbocycles. The average Bonchev–Trinajstić information content (AvgIpc) is 3.13. The van der Waals surface area contributed by atoms with Crippen molar-refractivity contribution >= 4 is 17.4 Å². The maximum atomic E-state index is 13.8. The lowest BCUT2D eigenvalue weighted by Crippen LogP contribution is -2.15. The summed E-state index contributed by atoms with van der Waals surface area (Å²) >= 11 is 1.41. The van der Waals surface area contributed by atoms with Gasteiger partial charge in [0.1, 0.15) is 12.3 Å². The summed E-state index contributed by atoms with van der Waals surface area (Å²) in [6.07, 6.45) is 3.45. The molecule has 0 spiro atoms. The molecule has 0 unspecified atom stereocenters. The van der Waals surface area contributed by atoms with Gasteiger partial charge < -0.3 is 4.74 Å². The Morgan fingerprint density at radius 1 is 1.23 bits per heavy atom. The quantitative estimate of drug-likeness (QED) is 0.308. The summed E-state index contributed by atoms with van der Waals surface area (Å²) in [5.74, 6) is 0.716. The van der Waals surface area contributed by atoms with Crippen LogP contribution < -0.4 is 10.3 Å². The molecule has 0 aliphatic rings. The third-order valence-electron chi connectivity index (χ3n) is 4.52. The number of allylic oxidation sites excluding steroid dienone is 1. The molecule has 4 aromatic rings. The van der Waals surface area contributed by atoms with E-state index in [1.807, 2.05) is 23.6 Å². The highest BCUT2D eigenvalue weighted by molar-refractivity contribution is 7.98. The summed E-state index contributed by atoms with van der Waals surface area (Å²) in [5.41, 5.74) is 2.15. The van der Waals surface area contributed by atoms with Gasteiger partial charge in [-0.25, -0.2) is 9.37 Å². The van der Waals surface area contributed by atoms with E-state index in [0.29, 0.717) is 34.6 Å². The van der Waals surface area contributed by atoms with Crippen molar-refractivity contribution in [3.8, 4) is 5.75 Å². The zero-order valence-corrected chi connectivity index (χ0v) is 17.7. The van der Waals surface area contributed by atoms with Crippen molar-refractivity contribution in [1.29, 1.82) is 0 Å². The van der Waals surface area contributed by atoms with E-state index in [0.717, 1.165) is 5.56 Å². The van der Waals surface area contributed by atoms with E-state index in [2.05, 4.69) is 21.8 Å². The van der Waals surface area contributed by atoms with E-state index in [4.69, 9.17) is 4.74 Å². The van der Waals surface area contributed by atoms with Crippen molar-refractivity contribution in [3.05, 3.63) is 94.6 Å². The minimum atomic E-state index is -0.434. The standard InChI is InChI=1S/C22H20FN5O2S/c1-3-9-28-20(13-30-18-7-5-4-6-17(18)23)25-26-22(28)31-14-16-12-21(29)27-10-8-15(2)11-19(27)24-16/h3-8,10-12H,1,9,13-14H2,2H3. The fourth-order valence-electron chi connectivity index (χ4n) is 3.02. The number of aromatic nitrogens is 5. The minimum absolute atomic E-state index is 0.0666. The van der Waals surface area contributed by atoms with Gasteiger partial charge in [0.2, 0.25) is 0 Å². The van der Waals surface area contributed by atoms with Crippen LogP contribution in [0.1, 0.15) is 17.1 Å². The number of benzene rings is 1. The number of nitrogens with zero attached hydrogens (tertiary/aromatic N) is 5. The predicted octanol–water partition coefficient (Wildman–Crippen LogP) is 3.79. The number of aryl methyl sites for hydroxylation is 1. The van der Waals surface area contributed by atoms with Crippen molar-refractivity contribution in [3.63, 3.8) is 0 Å². The van der Waals surface area contributed by atoms with Gasteiger partial charge in [-0.2, -0.15) is 0 Å². The van der Waals surface area contributed by atoms with E-state index in [1.165, 1.54) is 28.3 Å². The van der Waals surface area contributed by atoms with Crippen LogP contribution >= 0.6 is 11.8 Å². The number of hydrogen-bond acceptors (Lipinski definition) is 6. The number of thioether (sulfide) groups is 1. The molecule has 4 rings (SSSR count). The Balaban J connectivity index is 1.52. The van der Waals surface area contributed by atoms with Crippen LogP contribution in [-0.2, 0) is 18.9 Å².